The molecule has 13 nitrogen and oxygen atoms in total. The predicted molar refractivity (Wildman–Crippen MR) is 230 cm³/mol. The number of amides is 1. The van der Waals surface area contributed by atoms with Gasteiger partial charge in [0.25, 0.3) is 14.4 Å². The van der Waals surface area contributed by atoms with Gasteiger partial charge in [-0.05, 0) is 93.8 Å². The second kappa shape index (κ2) is 19.9. The van der Waals surface area contributed by atoms with Crippen molar-refractivity contribution < 1.29 is 37.2 Å². The Balaban J connectivity index is 1.43. The van der Waals surface area contributed by atoms with Crippen molar-refractivity contribution in [3.63, 3.8) is 0 Å². The first-order valence-electron chi connectivity index (χ1n) is 19.9. The van der Waals surface area contributed by atoms with Crippen molar-refractivity contribution in [2.75, 3.05) is 32.8 Å². The zero-order valence-electron chi connectivity index (χ0n) is 35.2. The molecular weight excluding hydrogens is 801 g/mol. The highest BCUT2D eigenvalue weighted by Gasteiger charge is 2.52. The second-order valence-corrected chi connectivity index (χ2v) is 16.4. The van der Waals surface area contributed by atoms with Crippen molar-refractivity contribution in [2.24, 2.45) is 0 Å². The standard InChI is InChI=1S/C46H51FN5O8P/c1-8-58-61(52(31(2)3)45(4,5)30-48)60-41-38(59-43(40(41)47)51-28-27-39(50-44(51)54)49-42(53)32-15-11-9-12-16-32)29-57-46(33-17-13-10-14-18-33,34-19-23-36(55-6)24-20-34)35-21-25-37(56-7)26-22-35/h9-28,31,38,40-41,43H,8,29H2,1-7H3,(H,49,50,53,54)/t38-,40-,41-,43-,61?/m1/s1. The maximum absolute atomic E-state index is 17.4. The third-order valence-electron chi connectivity index (χ3n) is 10.2. The van der Waals surface area contributed by atoms with E-state index in [1.54, 1.807) is 70.0 Å². The first kappa shape index (κ1) is 45.0. The smallest absolute Gasteiger partial charge is 0.351 e. The largest absolute Gasteiger partial charge is 0.497 e. The molecule has 2 heterocycles. The molecule has 61 heavy (non-hydrogen) atoms. The van der Waals surface area contributed by atoms with Crippen LogP contribution < -0.4 is 20.5 Å². The molecule has 0 bridgehead atoms. The van der Waals surface area contributed by atoms with E-state index in [9.17, 15) is 14.9 Å². The fraction of sp³-hybridized carbons (Fsp3) is 0.348. The minimum Gasteiger partial charge on any atom is -0.497 e. The Hall–Kier alpha value is -5.52. The van der Waals surface area contributed by atoms with Crippen molar-refractivity contribution in [1.82, 2.24) is 14.2 Å². The molecule has 1 aliphatic heterocycles. The van der Waals surface area contributed by atoms with Gasteiger partial charge in [0.05, 0.1) is 33.5 Å². The molecule has 0 radical (unpaired) electrons. The van der Waals surface area contributed by atoms with Crippen molar-refractivity contribution in [3.05, 3.63) is 154 Å². The molecule has 1 aliphatic rings. The maximum Gasteiger partial charge on any atom is 0.351 e. The van der Waals surface area contributed by atoms with E-state index < -0.39 is 55.9 Å². The highest BCUT2D eigenvalue weighted by Crippen LogP contribution is 2.53. The van der Waals surface area contributed by atoms with Crippen molar-refractivity contribution in [3.8, 4) is 17.6 Å². The molecule has 4 aromatic carbocycles. The number of hydrogen-bond acceptors (Lipinski definition) is 11. The van der Waals surface area contributed by atoms with E-state index >= 15 is 4.39 Å². The molecule has 5 aromatic rings. The molecule has 1 saturated heterocycles. The van der Waals surface area contributed by atoms with Crippen molar-refractivity contribution in [2.45, 2.75) is 76.4 Å². The van der Waals surface area contributed by atoms with Crippen molar-refractivity contribution >= 4 is 20.3 Å². The van der Waals surface area contributed by atoms with Crippen molar-refractivity contribution in [1.29, 1.82) is 5.26 Å². The molecule has 1 amide bonds. The summed E-state index contributed by atoms with van der Waals surface area (Å²) in [7, 11) is 1.10. The lowest BCUT2D eigenvalue weighted by molar-refractivity contribution is -0.0935. The summed E-state index contributed by atoms with van der Waals surface area (Å²) in [6.07, 6.45) is -4.69. The summed E-state index contributed by atoms with van der Waals surface area (Å²) in [5, 5.41) is 12.8. The first-order valence-corrected chi connectivity index (χ1v) is 21.0. The zero-order valence-corrected chi connectivity index (χ0v) is 36.1. The Labute approximate surface area is 356 Å². The van der Waals surface area contributed by atoms with Gasteiger partial charge in [0.2, 0.25) is 0 Å². The lowest BCUT2D eigenvalue weighted by atomic mass is 9.80. The van der Waals surface area contributed by atoms with Gasteiger partial charge in [0, 0.05) is 17.8 Å². The minimum atomic E-state index is -2.08. The van der Waals surface area contributed by atoms with Crippen LogP contribution in [0.4, 0.5) is 10.2 Å². The number of nitrogens with one attached hydrogen (secondary N) is 1. The maximum atomic E-state index is 17.4. The van der Waals surface area contributed by atoms with Gasteiger partial charge in [-0.3, -0.25) is 9.36 Å². The van der Waals surface area contributed by atoms with Gasteiger partial charge < -0.3 is 33.3 Å². The molecule has 0 aliphatic carbocycles. The highest BCUT2D eigenvalue weighted by atomic mass is 31.2. The van der Waals surface area contributed by atoms with Crippen LogP contribution in [-0.4, -0.2) is 77.5 Å². The number of ether oxygens (including phenoxy) is 4. The van der Waals surface area contributed by atoms with Gasteiger partial charge in [0.15, 0.2) is 12.4 Å². The molecular formula is C46H51FN5O8P. The lowest BCUT2D eigenvalue weighted by Crippen LogP contribution is -2.46. The van der Waals surface area contributed by atoms with Crippen LogP contribution in [0.2, 0.25) is 0 Å². The van der Waals surface area contributed by atoms with E-state index in [1.165, 1.54) is 12.3 Å². The Kier molecular flexibility index (Phi) is 14.7. The topological polar surface area (TPSA) is 146 Å². The molecule has 1 aromatic heterocycles. The van der Waals surface area contributed by atoms with Gasteiger partial charge in [-0.15, -0.1) is 0 Å². The van der Waals surface area contributed by atoms with Gasteiger partial charge in [-0.1, -0.05) is 72.8 Å². The summed E-state index contributed by atoms with van der Waals surface area (Å²) < 4.78 is 57.7. The summed E-state index contributed by atoms with van der Waals surface area (Å²) in [4.78, 5) is 30.6. The Morgan fingerprint density at radius 1 is 0.918 bits per heavy atom. The summed E-state index contributed by atoms with van der Waals surface area (Å²) in [6, 6.07) is 36.5. The number of aromatic nitrogens is 2. The van der Waals surface area contributed by atoms with E-state index in [2.05, 4.69) is 16.4 Å². The molecule has 0 saturated carbocycles. The quantitative estimate of drug-likeness (QED) is 0.0670. The van der Waals surface area contributed by atoms with Crippen LogP contribution in [0.1, 0.15) is 67.9 Å². The predicted octanol–water partition coefficient (Wildman–Crippen LogP) is 8.42. The number of alkyl halides is 1. The number of carbonyl (C=O) groups excluding carboxylic acids is 1. The molecule has 320 valence electrons. The number of rotatable bonds is 18. The van der Waals surface area contributed by atoms with Gasteiger partial charge >= 0.3 is 5.69 Å². The molecule has 6 rings (SSSR count). The number of nitriles is 1. The number of halogens is 1. The van der Waals surface area contributed by atoms with Gasteiger partial charge in [-0.25, -0.2) is 13.9 Å². The molecule has 15 heteroatoms. The molecule has 5 atom stereocenters. The number of benzene rings is 4. The molecule has 1 unspecified atom stereocenters. The fourth-order valence-electron chi connectivity index (χ4n) is 7.36. The summed E-state index contributed by atoms with van der Waals surface area (Å²) >= 11 is 0. The number of anilines is 1. The van der Waals surface area contributed by atoms with Crippen LogP contribution in [0.3, 0.4) is 0 Å². The lowest BCUT2D eigenvalue weighted by Gasteiger charge is -2.41. The third kappa shape index (κ3) is 9.84. The number of nitrogens with zero attached hydrogens (tertiary/aromatic N) is 4. The van der Waals surface area contributed by atoms with Crippen LogP contribution in [0.15, 0.2) is 126 Å². The van der Waals surface area contributed by atoms with Crippen LogP contribution in [-0.2, 0) is 24.1 Å². The van der Waals surface area contributed by atoms with Crippen LogP contribution in [0.5, 0.6) is 11.5 Å². The molecule has 1 fully saturated rings. The first-order chi connectivity index (χ1) is 29.4. The number of carbonyl (C=O) groups is 1. The van der Waals surface area contributed by atoms with Gasteiger partial charge in [-0.2, -0.15) is 10.2 Å². The van der Waals surface area contributed by atoms with Crippen LogP contribution in [0, 0.1) is 11.3 Å². The zero-order chi connectivity index (χ0) is 43.7. The number of methoxy groups -OCH3 is 2. The Bertz CT molecular complexity index is 2260. The van der Waals surface area contributed by atoms with Crippen LogP contribution in [0.25, 0.3) is 0 Å². The van der Waals surface area contributed by atoms with E-state index in [4.69, 9.17) is 28.0 Å². The monoisotopic (exact) mass is 851 g/mol. The summed E-state index contributed by atoms with van der Waals surface area (Å²) in [6.45, 7) is 9.04. The summed E-state index contributed by atoms with van der Waals surface area (Å²) in [5.41, 5.74) is -0.628. The summed E-state index contributed by atoms with van der Waals surface area (Å²) in [5.74, 6) is 0.792. The minimum absolute atomic E-state index is 0.0194. The fourth-order valence-corrected chi connectivity index (χ4v) is 9.16. The normalized spacial score (nSPS) is 18.4. The third-order valence-corrected chi connectivity index (χ3v) is 12.5. The molecule has 0 spiro atoms. The Morgan fingerprint density at radius 3 is 1.98 bits per heavy atom. The molecule has 1 N–H and O–H groups in total. The second-order valence-electron chi connectivity index (χ2n) is 15.0. The van der Waals surface area contributed by atoms with Gasteiger partial charge in [0.1, 0.15) is 40.7 Å². The van der Waals surface area contributed by atoms with E-state index in [1.807, 2.05) is 92.7 Å². The van der Waals surface area contributed by atoms with Crippen LogP contribution >= 0.6 is 8.53 Å². The highest BCUT2D eigenvalue weighted by molar-refractivity contribution is 7.44. The average molecular weight is 852 g/mol. The van der Waals surface area contributed by atoms with E-state index in [0.717, 1.165) is 21.3 Å². The van der Waals surface area contributed by atoms with E-state index in [0.29, 0.717) is 17.1 Å². The number of hydrogen-bond donors (Lipinski definition) is 1. The average Bonchev–Trinajstić information content (AvgIpc) is 3.58. The van der Waals surface area contributed by atoms with E-state index in [-0.39, 0.29) is 25.1 Å². The SMILES string of the molecule is CCOP(O[C@H]1[C@@H](F)[C@H](n2ccc(NC(=O)c3ccccc3)nc2=O)O[C@@H]1COC(c1ccccc1)(c1ccc(OC)cc1)c1ccc(OC)cc1)N(C(C)C)C(C)(C)C#N. The Morgan fingerprint density at radius 2 is 1.48 bits per heavy atom.